The minimum absolute atomic E-state index is 0.0373. The zero-order chi connectivity index (χ0) is 21.3. The predicted octanol–water partition coefficient (Wildman–Crippen LogP) is 4.30. The molecule has 156 valence electrons. The van der Waals surface area contributed by atoms with Crippen LogP contribution < -0.4 is 5.32 Å². The highest BCUT2D eigenvalue weighted by Crippen LogP contribution is 2.26. The maximum Gasteiger partial charge on any atom is 0.257 e. The van der Waals surface area contributed by atoms with Crippen molar-refractivity contribution in [3.63, 3.8) is 0 Å². The molecule has 0 saturated heterocycles. The van der Waals surface area contributed by atoms with Crippen LogP contribution in [0.4, 0.5) is 4.39 Å². The molecule has 9 heteroatoms. The number of rotatable bonds is 4. The van der Waals surface area contributed by atoms with Crippen molar-refractivity contribution in [1.82, 2.24) is 20.2 Å². The molecule has 3 aromatic heterocycles. The Morgan fingerprint density at radius 3 is 2.73 bits per heavy atom. The molecule has 0 aromatic carbocycles. The summed E-state index contributed by atoms with van der Waals surface area (Å²) in [6.45, 7) is 0. The Morgan fingerprint density at radius 2 is 2.00 bits per heavy atom. The molecule has 0 unspecified atom stereocenters. The molecule has 0 aliphatic heterocycles. The first kappa shape index (κ1) is 20.7. The number of amides is 2. The maximum atomic E-state index is 13.8. The second-order valence-corrected chi connectivity index (χ2v) is 8.74. The number of thiophene rings is 1. The maximum absolute atomic E-state index is 13.8. The third kappa shape index (κ3) is 4.15. The number of fused-ring (bicyclic) bond motifs is 1. The Balaban J connectivity index is 1.35. The number of nitrogens with one attached hydrogen (secondary N) is 1. The second kappa shape index (κ2) is 8.65. The molecule has 1 fully saturated rings. The van der Waals surface area contributed by atoms with Crippen molar-refractivity contribution in [1.29, 1.82) is 0 Å². The van der Waals surface area contributed by atoms with E-state index in [4.69, 9.17) is 11.6 Å². The van der Waals surface area contributed by atoms with Crippen LogP contribution in [0.25, 0.3) is 10.2 Å². The van der Waals surface area contributed by atoms with E-state index < -0.39 is 11.9 Å². The third-order valence-electron chi connectivity index (χ3n) is 5.53. The standard InChI is InChI=1S/C21H20ClFN4O2S/c1-27(21(29)12-10-17-16(25-11-12)7-9-30-17)14-4-2-13(3-5-14)26-20(28)18-15(22)6-8-24-19(18)23/h6-11,13-14H,2-5H2,1H3,(H,26,28). The van der Waals surface area contributed by atoms with Gasteiger partial charge in [0.2, 0.25) is 5.95 Å². The Bertz CT molecular complexity index is 1080. The van der Waals surface area contributed by atoms with Crippen LogP contribution in [0.2, 0.25) is 5.02 Å². The average molecular weight is 447 g/mol. The highest BCUT2D eigenvalue weighted by atomic mass is 35.5. The lowest BCUT2D eigenvalue weighted by molar-refractivity contribution is 0.0675. The van der Waals surface area contributed by atoms with E-state index in [2.05, 4.69) is 15.3 Å². The van der Waals surface area contributed by atoms with Gasteiger partial charge < -0.3 is 10.2 Å². The fourth-order valence-corrected chi connectivity index (χ4v) is 4.81. The molecule has 2 amide bonds. The Kier molecular flexibility index (Phi) is 5.97. The summed E-state index contributed by atoms with van der Waals surface area (Å²) in [5, 5.41) is 4.83. The van der Waals surface area contributed by atoms with Crippen molar-refractivity contribution in [3.05, 3.63) is 58.1 Å². The number of pyridine rings is 2. The van der Waals surface area contributed by atoms with Gasteiger partial charge in [-0.05, 0) is 49.3 Å². The monoisotopic (exact) mass is 446 g/mol. The van der Waals surface area contributed by atoms with Gasteiger partial charge in [0.25, 0.3) is 11.8 Å². The van der Waals surface area contributed by atoms with Gasteiger partial charge in [-0.25, -0.2) is 4.98 Å². The van der Waals surface area contributed by atoms with Gasteiger partial charge in [0.05, 0.1) is 20.8 Å². The van der Waals surface area contributed by atoms with Gasteiger partial charge in [-0.2, -0.15) is 4.39 Å². The normalized spacial score (nSPS) is 18.9. The number of hydrogen-bond acceptors (Lipinski definition) is 5. The molecule has 6 nitrogen and oxygen atoms in total. The lowest BCUT2D eigenvalue weighted by atomic mass is 9.90. The van der Waals surface area contributed by atoms with Crippen molar-refractivity contribution in [2.24, 2.45) is 0 Å². The zero-order valence-electron chi connectivity index (χ0n) is 16.3. The summed E-state index contributed by atoms with van der Waals surface area (Å²) in [6, 6.07) is 5.17. The van der Waals surface area contributed by atoms with Crippen LogP contribution in [0.3, 0.4) is 0 Å². The molecule has 1 saturated carbocycles. The number of carbonyl (C=O) groups is 2. The minimum atomic E-state index is -0.879. The summed E-state index contributed by atoms with van der Waals surface area (Å²) in [6.07, 6.45) is 5.70. The van der Waals surface area contributed by atoms with E-state index in [1.807, 2.05) is 17.5 Å². The molecule has 4 rings (SSSR count). The van der Waals surface area contributed by atoms with E-state index in [1.54, 1.807) is 29.5 Å². The van der Waals surface area contributed by atoms with Gasteiger partial charge in [-0.3, -0.25) is 14.6 Å². The number of aromatic nitrogens is 2. The molecule has 1 aliphatic rings. The lowest BCUT2D eigenvalue weighted by Gasteiger charge is -2.35. The van der Waals surface area contributed by atoms with Crippen molar-refractivity contribution in [2.75, 3.05) is 7.05 Å². The van der Waals surface area contributed by atoms with Crippen molar-refractivity contribution in [3.8, 4) is 0 Å². The molecule has 1 aliphatic carbocycles. The molecular formula is C21H20ClFN4O2S. The molecular weight excluding hydrogens is 427 g/mol. The highest BCUT2D eigenvalue weighted by molar-refractivity contribution is 7.17. The van der Waals surface area contributed by atoms with Crippen LogP contribution >= 0.6 is 22.9 Å². The van der Waals surface area contributed by atoms with Crippen LogP contribution in [0.1, 0.15) is 46.4 Å². The molecule has 3 heterocycles. The first-order chi connectivity index (χ1) is 14.4. The van der Waals surface area contributed by atoms with Gasteiger partial charge in [0, 0.05) is 31.5 Å². The fraction of sp³-hybridized carbons (Fsp3) is 0.333. The molecule has 1 N–H and O–H groups in total. The predicted molar refractivity (Wildman–Crippen MR) is 114 cm³/mol. The topological polar surface area (TPSA) is 75.2 Å². The second-order valence-electron chi connectivity index (χ2n) is 7.38. The summed E-state index contributed by atoms with van der Waals surface area (Å²) < 4.78 is 14.8. The minimum Gasteiger partial charge on any atom is -0.349 e. The van der Waals surface area contributed by atoms with E-state index >= 15 is 0 Å². The van der Waals surface area contributed by atoms with Crippen LogP contribution in [0, 0.1) is 5.95 Å². The Morgan fingerprint density at radius 1 is 1.23 bits per heavy atom. The molecule has 3 aromatic rings. The summed E-state index contributed by atoms with van der Waals surface area (Å²) in [5.74, 6) is -1.50. The first-order valence-corrected chi connectivity index (χ1v) is 10.9. The summed E-state index contributed by atoms with van der Waals surface area (Å²) >= 11 is 7.50. The summed E-state index contributed by atoms with van der Waals surface area (Å²) in [5.41, 5.74) is 1.23. The molecule has 30 heavy (non-hydrogen) atoms. The van der Waals surface area contributed by atoms with Crippen LogP contribution in [-0.2, 0) is 0 Å². The number of hydrogen-bond donors (Lipinski definition) is 1. The highest BCUT2D eigenvalue weighted by Gasteiger charge is 2.29. The lowest BCUT2D eigenvalue weighted by Crippen LogP contribution is -2.44. The number of halogens is 2. The van der Waals surface area contributed by atoms with Gasteiger partial charge in [0.1, 0.15) is 5.56 Å². The smallest absolute Gasteiger partial charge is 0.257 e. The number of nitrogens with zero attached hydrogens (tertiary/aromatic N) is 3. The molecule has 0 radical (unpaired) electrons. The molecule has 0 spiro atoms. The van der Waals surface area contributed by atoms with Crippen LogP contribution in [0.15, 0.2) is 36.0 Å². The Hall–Kier alpha value is -2.58. The van der Waals surface area contributed by atoms with Crippen molar-refractivity contribution in [2.45, 2.75) is 37.8 Å². The number of carbonyl (C=O) groups excluding carboxylic acids is 2. The zero-order valence-corrected chi connectivity index (χ0v) is 17.8. The van der Waals surface area contributed by atoms with E-state index in [1.165, 1.54) is 12.3 Å². The average Bonchev–Trinajstić information content (AvgIpc) is 3.21. The largest absolute Gasteiger partial charge is 0.349 e. The summed E-state index contributed by atoms with van der Waals surface area (Å²) in [4.78, 5) is 34.9. The van der Waals surface area contributed by atoms with Crippen LogP contribution in [0.5, 0.6) is 0 Å². The van der Waals surface area contributed by atoms with Gasteiger partial charge in [0.15, 0.2) is 0 Å². The van der Waals surface area contributed by atoms with E-state index in [0.717, 1.165) is 23.1 Å². The summed E-state index contributed by atoms with van der Waals surface area (Å²) in [7, 11) is 1.80. The fourth-order valence-electron chi connectivity index (χ4n) is 3.81. The van der Waals surface area contributed by atoms with Gasteiger partial charge in [-0.15, -0.1) is 11.3 Å². The molecule has 0 atom stereocenters. The third-order valence-corrected chi connectivity index (χ3v) is 6.70. The van der Waals surface area contributed by atoms with E-state index in [-0.39, 0.29) is 28.6 Å². The van der Waals surface area contributed by atoms with E-state index in [0.29, 0.717) is 18.4 Å². The van der Waals surface area contributed by atoms with Crippen molar-refractivity contribution >= 4 is 45.0 Å². The quantitative estimate of drug-likeness (QED) is 0.606. The molecule has 0 bridgehead atoms. The SMILES string of the molecule is CN(C(=O)c1cnc2ccsc2c1)C1CCC(NC(=O)c2c(Cl)ccnc2F)CC1. The van der Waals surface area contributed by atoms with Gasteiger partial charge in [-0.1, -0.05) is 11.6 Å². The Labute approximate surface area is 182 Å². The van der Waals surface area contributed by atoms with E-state index in [9.17, 15) is 14.0 Å². The van der Waals surface area contributed by atoms with Crippen molar-refractivity contribution < 1.29 is 14.0 Å². The van der Waals surface area contributed by atoms with Crippen LogP contribution in [-0.4, -0.2) is 45.8 Å². The first-order valence-electron chi connectivity index (χ1n) is 9.65. The van der Waals surface area contributed by atoms with Gasteiger partial charge >= 0.3 is 0 Å².